The van der Waals surface area contributed by atoms with Gasteiger partial charge in [0.25, 0.3) is 0 Å². The number of amides is 1. The van der Waals surface area contributed by atoms with Gasteiger partial charge in [0.1, 0.15) is 11.2 Å². The highest BCUT2D eigenvalue weighted by Crippen LogP contribution is 2.34. The Morgan fingerprint density at radius 2 is 1.90 bits per heavy atom. The van der Waals surface area contributed by atoms with Gasteiger partial charge in [0.15, 0.2) is 0 Å². The summed E-state index contributed by atoms with van der Waals surface area (Å²) in [5, 5.41) is 1.43. The van der Waals surface area contributed by atoms with Crippen molar-refractivity contribution in [3.05, 3.63) is 35.1 Å². The zero-order chi connectivity index (χ0) is 15.6. The summed E-state index contributed by atoms with van der Waals surface area (Å²) in [7, 11) is 0. The van der Waals surface area contributed by atoms with Crippen LogP contribution in [0.4, 0.5) is 17.6 Å². The van der Waals surface area contributed by atoms with E-state index in [9.17, 15) is 22.4 Å². The minimum absolute atomic E-state index is 0.0151. The highest BCUT2D eigenvalue weighted by atomic mass is 35.5. The zero-order valence-electron chi connectivity index (χ0n) is 11.0. The van der Waals surface area contributed by atoms with Crippen LogP contribution >= 0.6 is 11.6 Å². The molecule has 1 saturated carbocycles. The van der Waals surface area contributed by atoms with Crippen molar-refractivity contribution in [3.8, 4) is 0 Å². The topological polar surface area (TPSA) is 29.1 Å². The van der Waals surface area contributed by atoms with Gasteiger partial charge in [0, 0.05) is 6.04 Å². The first-order valence-corrected chi connectivity index (χ1v) is 7.04. The number of carbonyl (C=O) groups excluding carboxylic acids is 1. The predicted octanol–water partition coefficient (Wildman–Crippen LogP) is 4.18. The number of carbonyl (C=O) groups is 1. The lowest BCUT2D eigenvalue weighted by molar-refractivity contribution is -0.140. The minimum atomic E-state index is -4.82. The van der Waals surface area contributed by atoms with Crippen molar-refractivity contribution in [1.29, 1.82) is 0 Å². The second kappa shape index (κ2) is 6.22. The largest absolute Gasteiger partial charge is 0.419 e. The van der Waals surface area contributed by atoms with Gasteiger partial charge in [-0.2, -0.15) is 13.2 Å². The van der Waals surface area contributed by atoms with E-state index in [0.29, 0.717) is 12.1 Å². The van der Waals surface area contributed by atoms with E-state index in [1.807, 2.05) is 0 Å². The van der Waals surface area contributed by atoms with E-state index in [-0.39, 0.29) is 11.6 Å². The molecule has 2 nitrogen and oxygen atoms in total. The number of hydrogen-bond acceptors (Lipinski definition) is 1. The summed E-state index contributed by atoms with van der Waals surface area (Å²) >= 11 is 5.91. The molecule has 1 aliphatic carbocycles. The molecule has 0 spiro atoms. The molecule has 1 fully saturated rings. The molecule has 1 unspecified atom stereocenters. The first kappa shape index (κ1) is 16.1. The summed E-state index contributed by atoms with van der Waals surface area (Å²) in [6, 6.07) is 2.37. The van der Waals surface area contributed by atoms with Crippen molar-refractivity contribution < 1.29 is 22.4 Å². The Hall–Kier alpha value is -1.30. The van der Waals surface area contributed by atoms with Crippen LogP contribution in [0.25, 0.3) is 0 Å². The molecule has 0 saturated heterocycles. The number of halogens is 5. The standard InChI is InChI=1S/C14H14ClF4NO/c15-12(13(21)20-9-3-1-2-4-9)8-5-6-11(16)10(7-8)14(17,18)19/h5-7,9,12H,1-4H2,(H,20,21). The molecule has 0 heterocycles. The highest BCUT2D eigenvalue weighted by molar-refractivity contribution is 6.30. The Balaban J connectivity index is 2.15. The van der Waals surface area contributed by atoms with Crippen LogP contribution in [0.1, 0.15) is 42.2 Å². The molecule has 1 N–H and O–H groups in total. The van der Waals surface area contributed by atoms with Crippen molar-refractivity contribution >= 4 is 17.5 Å². The smallest absolute Gasteiger partial charge is 0.352 e. The average Bonchev–Trinajstić information content (AvgIpc) is 2.90. The van der Waals surface area contributed by atoms with E-state index in [4.69, 9.17) is 11.6 Å². The molecule has 2 rings (SSSR count). The van der Waals surface area contributed by atoms with Crippen LogP contribution < -0.4 is 5.32 Å². The SMILES string of the molecule is O=C(NC1CCCC1)C(Cl)c1ccc(F)c(C(F)(F)F)c1. The summed E-state index contributed by atoms with van der Waals surface area (Å²) in [6.07, 6.45) is -1.13. The maximum atomic E-state index is 13.2. The molecule has 0 aliphatic heterocycles. The average molecular weight is 324 g/mol. The minimum Gasteiger partial charge on any atom is -0.352 e. The van der Waals surface area contributed by atoms with Gasteiger partial charge in [-0.3, -0.25) is 4.79 Å². The van der Waals surface area contributed by atoms with Crippen LogP contribution in [0, 0.1) is 5.82 Å². The molecule has 1 aromatic rings. The van der Waals surface area contributed by atoms with Gasteiger partial charge in [-0.25, -0.2) is 4.39 Å². The fraction of sp³-hybridized carbons (Fsp3) is 0.500. The molecule has 0 aromatic heterocycles. The van der Waals surface area contributed by atoms with Crippen molar-refractivity contribution in [2.24, 2.45) is 0 Å². The molecule has 1 aromatic carbocycles. The summed E-state index contributed by atoms with van der Waals surface area (Å²) < 4.78 is 51.1. The molecule has 1 amide bonds. The predicted molar refractivity (Wildman–Crippen MR) is 70.4 cm³/mol. The van der Waals surface area contributed by atoms with E-state index >= 15 is 0 Å². The fourth-order valence-electron chi connectivity index (χ4n) is 2.41. The van der Waals surface area contributed by atoms with Crippen molar-refractivity contribution in [3.63, 3.8) is 0 Å². The summed E-state index contributed by atoms with van der Waals surface area (Å²) in [5.74, 6) is -1.94. The Morgan fingerprint density at radius 1 is 1.29 bits per heavy atom. The number of hydrogen-bond donors (Lipinski definition) is 1. The number of benzene rings is 1. The summed E-state index contributed by atoms with van der Waals surface area (Å²) in [5.41, 5.74) is -1.49. The third kappa shape index (κ3) is 3.87. The van der Waals surface area contributed by atoms with Gasteiger partial charge in [0.05, 0.1) is 5.56 Å². The third-order valence-electron chi connectivity index (χ3n) is 3.52. The lowest BCUT2D eigenvalue weighted by atomic mass is 10.1. The van der Waals surface area contributed by atoms with Crippen LogP contribution in [-0.2, 0) is 11.0 Å². The van der Waals surface area contributed by atoms with Crippen LogP contribution in [0.3, 0.4) is 0 Å². The first-order chi connectivity index (χ1) is 9.79. The maximum Gasteiger partial charge on any atom is 0.419 e. The third-order valence-corrected chi connectivity index (χ3v) is 3.97. The normalized spacial score (nSPS) is 17.8. The maximum absolute atomic E-state index is 13.2. The Labute approximate surface area is 124 Å². The molecule has 0 radical (unpaired) electrons. The van der Waals surface area contributed by atoms with Crippen LogP contribution in [-0.4, -0.2) is 11.9 Å². The van der Waals surface area contributed by atoms with Gasteiger partial charge in [-0.15, -0.1) is 11.6 Å². The van der Waals surface area contributed by atoms with Gasteiger partial charge >= 0.3 is 6.18 Å². The molecule has 7 heteroatoms. The quantitative estimate of drug-likeness (QED) is 0.656. The highest BCUT2D eigenvalue weighted by Gasteiger charge is 2.35. The molecule has 116 valence electrons. The number of alkyl halides is 4. The molecular formula is C14H14ClF4NO. The molecule has 21 heavy (non-hydrogen) atoms. The van der Waals surface area contributed by atoms with Crippen molar-refractivity contribution in [2.45, 2.75) is 43.3 Å². The second-order valence-electron chi connectivity index (χ2n) is 5.09. The number of rotatable bonds is 3. The molecule has 1 atom stereocenters. The van der Waals surface area contributed by atoms with Crippen molar-refractivity contribution in [2.75, 3.05) is 0 Å². The van der Waals surface area contributed by atoms with Crippen LogP contribution in [0.2, 0.25) is 0 Å². The van der Waals surface area contributed by atoms with Gasteiger partial charge < -0.3 is 5.32 Å². The lowest BCUT2D eigenvalue weighted by Crippen LogP contribution is -2.35. The summed E-state index contributed by atoms with van der Waals surface area (Å²) in [4.78, 5) is 11.9. The van der Waals surface area contributed by atoms with E-state index < -0.39 is 28.8 Å². The Kier molecular flexibility index (Phi) is 4.76. The van der Waals surface area contributed by atoms with E-state index in [2.05, 4.69) is 5.32 Å². The van der Waals surface area contributed by atoms with Gasteiger partial charge in [-0.05, 0) is 30.5 Å². The Morgan fingerprint density at radius 3 is 2.48 bits per heavy atom. The lowest BCUT2D eigenvalue weighted by Gasteiger charge is -2.17. The summed E-state index contributed by atoms with van der Waals surface area (Å²) in [6.45, 7) is 0. The molecule has 0 bridgehead atoms. The second-order valence-corrected chi connectivity index (χ2v) is 5.53. The van der Waals surface area contributed by atoms with Crippen LogP contribution in [0.5, 0.6) is 0 Å². The van der Waals surface area contributed by atoms with E-state index in [1.165, 1.54) is 0 Å². The fourth-order valence-corrected chi connectivity index (χ4v) is 2.61. The Bertz CT molecular complexity index is 526. The molecular weight excluding hydrogens is 310 g/mol. The van der Waals surface area contributed by atoms with E-state index in [0.717, 1.165) is 31.7 Å². The van der Waals surface area contributed by atoms with Crippen molar-refractivity contribution in [1.82, 2.24) is 5.32 Å². The van der Waals surface area contributed by atoms with Gasteiger partial charge in [-0.1, -0.05) is 18.9 Å². The van der Waals surface area contributed by atoms with Gasteiger partial charge in [0.2, 0.25) is 5.91 Å². The zero-order valence-corrected chi connectivity index (χ0v) is 11.8. The van der Waals surface area contributed by atoms with E-state index in [1.54, 1.807) is 0 Å². The monoisotopic (exact) mass is 323 g/mol. The number of nitrogens with one attached hydrogen (secondary N) is 1. The molecule has 1 aliphatic rings. The van der Waals surface area contributed by atoms with Crippen LogP contribution in [0.15, 0.2) is 18.2 Å². The first-order valence-electron chi connectivity index (χ1n) is 6.60.